The molecule has 0 heterocycles. The van der Waals surface area contributed by atoms with Gasteiger partial charge in [-0.05, 0) is 129 Å². The van der Waals surface area contributed by atoms with Gasteiger partial charge in [0, 0.05) is 5.41 Å². The summed E-state index contributed by atoms with van der Waals surface area (Å²) in [5.41, 5.74) is 0.0716. The van der Waals surface area contributed by atoms with Gasteiger partial charge < -0.3 is 15.2 Å². The Hall–Kier alpha value is -1.59. The first-order chi connectivity index (χ1) is 21.1. The third-order valence-electron chi connectivity index (χ3n) is 16.3. The molecule has 45 heavy (non-hydrogen) atoms. The number of amides is 1. The number of carbonyl (C=O) groups is 3. The monoisotopic (exact) mass is 625 g/mol. The first-order valence-corrected chi connectivity index (χ1v) is 18.8. The molecule has 0 aliphatic heterocycles. The first-order valence-electron chi connectivity index (χ1n) is 18.8. The van der Waals surface area contributed by atoms with E-state index in [9.17, 15) is 19.5 Å². The lowest BCUT2D eigenvalue weighted by Gasteiger charge is -2.73. The molecule has 0 aromatic rings. The fourth-order valence-electron chi connectivity index (χ4n) is 13.9. The van der Waals surface area contributed by atoms with Gasteiger partial charge in [0.25, 0.3) is 0 Å². The zero-order valence-corrected chi connectivity index (χ0v) is 29.5. The molecule has 6 heteroatoms. The van der Waals surface area contributed by atoms with Crippen molar-refractivity contribution in [3.8, 4) is 0 Å². The molecule has 2 N–H and O–H groups in total. The quantitative estimate of drug-likeness (QED) is 0.289. The van der Waals surface area contributed by atoms with E-state index in [0.717, 1.165) is 64.2 Å². The van der Waals surface area contributed by atoms with Crippen molar-refractivity contribution >= 4 is 17.8 Å². The summed E-state index contributed by atoms with van der Waals surface area (Å²) in [5, 5.41) is 12.2. The Balaban J connectivity index is 1.27. The summed E-state index contributed by atoms with van der Waals surface area (Å²) in [6, 6.07) is 0. The lowest BCUT2D eigenvalue weighted by Crippen LogP contribution is -2.67. The summed E-state index contributed by atoms with van der Waals surface area (Å²) < 4.78 is 6.44. The van der Waals surface area contributed by atoms with Crippen LogP contribution in [0.1, 0.15) is 145 Å². The van der Waals surface area contributed by atoms with Crippen LogP contribution < -0.4 is 5.32 Å². The number of carbonyl (C=O) groups excluding carboxylic acids is 2. The van der Waals surface area contributed by atoms with Crippen molar-refractivity contribution in [3.05, 3.63) is 0 Å². The number of esters is 1. The SMILES string of the molecule is CC(C)C1CCC2(C(=O)NCC(=O)O)CC[C@]3(C)C(CCC4C5(C)CC[C@@H](OC(=O)C6CCCCC6)C(C)(C)C5CCC43C)C12. The minimum Gasteiger partial charge on any atom is -0.480 e. The molecule has 10 atom stereocenters. The number of carboxylic acid groups (broad SMARTS) is 1. The van der Waals surface area contributed by atoms with Crippen LogP contribution in [0.4, 0.5) is 0 Å². The highest BCUT2D eigenvalue weighted by atomic mass is 16.5. The van der Waals surface area contributed by atoms with E-state index in [1.807, 2.05) is 0 Å². The van der Waals surface area contributed by atoms with Crippen molar-refractivity contribution in [2.75, 3.05) is 6.54 Å². The Morgan fingerprint density at radius 1 is 0.778 bits per heavy atom. The second kappa shape index (κ2) is 11.5. The van der Waals surface area contributed by atoms with E-state index < -0.39 is 11.4 Å². The van der Waals surface area contributed by atoms with Crippen molar-refractivity contribution in [3.63, 3.8) is 0 Å². The number of hydrogen-bond donors (Lipinski definition) is 2. The van der Waals surface area contributed by atoms with Gasteiger partial charge in [-0.15, -0.1) is 0 Å². The summed E-state index contributed by atoms with van der Waals surface area (Å²) in [6.07, 6.45) is 16.3. The standard InChI is InChI=1S/C39H63NO5/c1-24(2)26-15-20-39(34(44)40-23-31(41)42)22-21-37(6)27(32(26)39)13-14-29-36(5)18-17-30(45-33(43)25-11-9-8-10-12-25)35(3,4)28(36)16-19-38(29,37)7/h24-30,32H,8-23H2,1-7H3,(H,40,44)(H,41,42)/t26?,27?,28?,29?,30-,32?,36?,37-,38?,39?/m1/s1. The van der Waals surface area contributed by atoms with Crippen LogP contribution in [-0.4, -0.2) is 35.6 Å². The van der Waals surface area contributed by atoms with E-state index in [4.69, 9.17) is 4.74 Å². The fourth-order valence-corrected chi connectivity index (χ4v) is 13.9. The Labute approximate surface area is 273 Å². The lowest BCUT2D eigenvalue weighted by atomic mass is 9.32. The van der Waals surface area contributed by atoms with E-state index in [1.165, 1.54) is 32.1 Å². The number of aliphatic carboxylic acids is 1. The van der Waals surface area contributed by atoms with Gasteiger partial charge in [-0.1, -0.05) is 67.7 Å². The molecule has 8 unspecified atom stereocenters. The van der Waals surface area contributed by atoms with Crippen molar-refractivity contribution < 1.29 is 24.2 Å². The molecule has 0 aromatic heterocycles. The molecule has 0 spiro atoms. The molecule has 6 fully saturated rings. The summed E-state index contributed by atoms with van der Waals surface area (Å²) in [7, 11) is 0. The highest BCUT2D eigenvalue weighted by Crippen LogP contribution is 2.77. The number of nitrogens with one attached hydrogen (secondary N) is 1. The molecule has 0 saturated heterocycles. The number of hydrogen-bond acceptors (Lipinski definition) is 4. The molecular formula is C39H63NO5. The van der Waals surface area contributed by atoms with E-state index in [0.29, 0.717) is 35.5 Å². The highest BCUT2D eigenvalue weighted by molar-refractivity contribution is 5.86. The number of rotatable bonds is 6. The molecule has 6 nitrogen and oxygen atoms in total. The topological polar surface area (TPSA) is 92.7 Å². The molecule has 254 valence electrons. The summed E-state index contributed by atoms with van der Waals surface area (Å²) in [4.78, 5) is 38.7. The molecule has 1 amide bonds. The van der Waals surface area contributed by atoms with Gasteiger partial charge in [0.15, 0.2) is 0 Å². The second-order valence-electron chi connectivity index (χ2n) is 18.5. The minimum absolute atomic E-state index is 0.00546. The van der Waals surface area contributed by atoms with Crippen molar-refractivity contribution in [1.29, 1.82) is 0 Å². The van der Waals surface area contributed by atoms with Gasteiger partial charge in [0.05, 0.1) is 11.3 Å². The summed E-state index contributed by atoms with van der Waals surface area (Å²) in [6.45, 7) is 17.0. The van der Waals surface area contributed by atoms with Gasteiger partial charge in [-0.3, -0.25) is 14.4 Å². The largest absolute Gasteiger partial charge is 0.480 e. The Kier molecular flexibility index (Phi) is 8.54. The van der Waals surface area contributed by atoms with Gasteiger partial charge >= 0.3 is 11.9 Å². The molecule has 6 rings (SSSR count). The fraction of sp³-hybridized carbons (Fsp3) is 0.923. The second-order valence-corrected chi connectivity index (χ2v) is 18.5. The third kappa shape index (κ3) is 4.94. The van der Waals surface area contributed by atoms with Crippen molar-refractivity contribution in [1.82, 2.24) is 5.32 Å². The van der Waals surface area contributed by atoms with Crippen molar-refractivity contribution in [2.24, 2.45) is 68.5 Å². The summed E-state index contributed by atoms with van der Waals surface area (Å²) >= 11 is 0. The van der Waals surface area contributed by atoms with E-state index >= 15 is 0 Å². The lowest BCUT2D eigenvalue weighted by molar-refractivity contribution is -0.251. The van der Waals surface area contributed by atoms with E-state index in [1.54, 1.807) is 0 Å². The Morgan fingerprint density at radius 2 is 1.49 bits per heavy atom. The van der Waals surface area contributed by atoms with E-state index in [-0.39, 0.29) is 52.1 Å². The zero-order chi connectivity index (χ0) is 32.6. The summed E-state index contributed by atoms with van der Waals surface area (Å²) in [5.74, 6) is 2.18. The predicted molar refractivity (Wildman–Crippen MR) is 176 cm³/mol. The Morgan fingerprint density at radius 3 is 2.16 bits per heavy atom. The normalized spacial score (nSPS) is 45.9. The predicted octanol–water partition coefficient (Wildman–Crippen LogP) is 8.42. The zero-order valence-electron chi connectivity index (χ0n) is 29.5. The molecule has 0 radical (unpaired) electrons. The molecule has 6 saturated carbocycles. The van der Waals surface area contributed by atoms with Crippen LogP contribution in [0.25, 0.3) is 0 Å². The average Bonchev–Trinajstić information content (AvgIpc) is 3.39. The van der Waals surface area contributed by atoms with Crippen LogP contribution in [0.5, 0.6) is 0 Å². The number of carboxylic acids is 1. The van der Waals surface area contributed by atoms with Crippen molar-refractivity contribution in [2.45, 2.75) is 151 Å². The van der Waals surface area contributed by atoms with Gasteiger partial charge in [0.2, 0.25) is 5.91 Å². The third-order valence-corrected chi connectivity index (χ3v) is 16.3. The maximum Gasteiger partial charge on any atom is 0.322 e. The number of ether oxygens (including phenoxy) is 1. The minimum atomic E-state index is -0.963. The molecule has 6 aliphatic rings. The van der Waals surface area contributed by atoms with Crippen LogP contribution in [0.3, 0.4) is 0 Å². The molecular weight excluding hydrogens is 562 g/mol. The highest BCUT2D eigenvalue weighted by Gasteiger charge is 2.72. The number of fused-ring (bicyclic) bond motifs is 7. The van der Waals surface area contributed by atoms with Gasteiger partial charge in [0.1, 0.15) is 12.6 Å². The average molecular weight is 626 g/mol. The first kappa shape index (κ1) is 33.3. The molecule has 0 aromatic carbocycles. The van der Waals surface area contributed by atoms with Gasteiger partial charge in [-0.25, -0.2) is 0 Å². The maximum atomic E-state index is 13.9. The van der Waals surface area contributed by atoms with Gasteiger partial charge in [-0.2, -0.15) is 0 Å². The van der Waals surface area contributed by atoms with Crippen LogP contribution in [0.2, 0.25) is 0 Å². The van der Waals surface area contributed by atoms with Crippen LogP contribution in [-0.2, 0) is 19.1 Å². The molecule has 6 aliphatic carbocycles. The van der Waals surface area contributed by atoms with Crippen LogP contribution in [0, 0.1) is 68.5 Å². The smallest absolute Gasteiger partial charge is 0.322 e. The van der Waals surface area contributed by atoms with Crippen LogP contribution in [0.15, 0.2) is 0 Å². The molecule has 0 bridgehead atoms. The van der Waals surface area contributed by atoms with Crippen LogP contribution >= 0.6 is 0 Å². The maximum absolute atomic E-state index is 13.9. The van der Waals surface area contributed by atoms with E-state index in [2.05, 4.69) is 53.8 Å². The Bertz CT molecular complexity index is 1170.